The number of aliphatic hydroxyl groups is 1. The van der Waals surface area contributed by atoms with Gasteiger partial charge in [-0.05, 0) is 17.2 Å². The standard InChI is InChI=1S/C13H19NO3/c15-5-8-16-7-4-14-10-11-1-2-13-12(9-11)3-6-17-13/h1-2,9,14-15H,3-8,10H2. The van der Waals surface area contributed by atoms with Crippen molar-refractivity contribution in [3.8, 4) is 5.75 Å². The summed E-state index contributed by atoms with van der Waals surface area (Å²) in [5.41, 5.74) is 2.58. The van der Waals surface area contributed by atoms with Gasteiger partial charge in [-0.1, -0.05) is 12.1 Å². The van der Waals surface area contributed by atoms with E-state index in [1.54, 1.807) is 0 Å². The molecule has 4 nitrogen and oxygen atoms in total. The Labute approximate surface area is 102 Å². The van der Waals surface area contributed by atoms with Crippen molar-refractivity contribution in [2.24, 2.45) is 0 Å². The molecular weight excluding hydrogens is 218 g/mol. The van der Waals surface area contributed by atoms with Crippen molar-refractivity contribution in [1.29, 1.82) is 0 Å². The normalized spacial score (nSPS) is 13.5. The Morgan fingerprint density at radius 2 is 2.29 bits per heavy atom. The third-order valence-corrected chi connectivity index (χ3v) is 2.74. The van der Waals surface area contributed by atoms with E-state index in [-0.39, 0.29) is 6.61 Å². The van der Waals surface area contributed by atoms with Crippen LogP contribution in [0.5, 0.6) is 5.75 Å². The van der Waals surface area contributed by atoms with Gasteiger partial charge in [-0.25, -0.2) is 0 Å². The summed E-state index contributed by atoms with van der Waals surface area (Å²) in [7, 11) is 0. The minimum Gasteiger partial charge on any atom is -0.493 e. The molecular formula is C13H19NO3. The first-order chi connectivity index (χ1) is 8.40. The average Bonchev–Trinajstić information content (AvgIpc) is 2.81. The van der Waals surface area contributed by atoms with Gasteiger partial charge >= 0.3 is 0 Å². The van der Waals surface area contributed by atoms with E-state index in [4.69, 9.17) is 14.6 Å². The van der Waals surface area contributed by atoms with E-state index in [2.05, 4.69) is 17.4 Å². The van der Waals surface area contributed by atoms with Crippen LogP contribution >= 0.6 is 0 Å². The molecule has 0 saturated heterocycles. The summed E-state index contributed by atoms with van der Waals surface area (Å²) in [6.07, 6.45) is 1.02. The van der Waals surface area contributed by atoms with Gasteiger partial charge in [0, 0.05) is 19.5 Å². The van der Waals surface area contributed by atoms with Crippen LogP contribution in [0.4, 0.5) is 0 Å². The third-order valence-electron chi connectivity index (χ3n) is 2.74. The Morgan fingerprint density at radius 1 is 1.35 bits per heavy atom. The molecule has 94 valence electrons. The first kappa shape index (κ1) is 12.4. The Kier molecular flexibility index (Phi) is 4.79. The molecule has 0 fully saturated rings. The molecule has 17 heavy (non-hydrogen) atoms. The zero-order valence-electron chi connectivity index (χ0n) is 9.95. The highest BCUT2D eigenvalue weighted by Gasteiger charge is 2.11. The Balaban J connectivity index is 1.69. The predicted octanol–water partition coefficient (Wildman–Crippen LogP) is 0.720. The number of ether oxygens (including phenoxy) is 2. The van der Waals surface area contributed by atoms with Crippen molar-refractivity contribution in [1.82, 2.24) is 5.32 Å². The average molecular weight is 237 g/mol. The summed E-state index contributed by atoms with van der Waals surface area (Å²) in [6, 6.07) is 6.33. The van der Waals surface area contributed by atoms with Crippen molar-refractivity contribution >= 4 is 0 Å². The van der Waals surface area contributed by atoms with Crippen molar-refractivity contribution in [2.75, 3.05) is 33.0 Å². The van der Waals surface area contributed by atoms with Gasteiger partial charge in [0.15, 0.2) is 0 Å². The van der Waals surface area contributed by atoms with Gasteiger partial charge in [-0.3, -0.25) is 0 Å². The van der Waals surface area contributed by atoms with Crippen LogP contribution in [0.15, 0.2) is 18.2 Å². The Hall–Kier alpha value is -1.10. The molecule has 0 aromatic heterocycles. The molecule has 1 aliphatic rings. The molecule has 1 aliphatic heterocycles. The molecule has 0 amide bonds. The summed E-state index contributed by atoms with van der Waals surface area (Å²) in [4.78, 5) is 0. The number of hydrogen-bond acceptors (Lipinski definition) is 4. The molecule has 0 unspecified atom stereocenters. The van der Waals surface area contributed by atoms with E-state index in [1.165, 1.54) is 11.1 Å². The van der Waals surface area contributed by atoms with Crippen molar-refractivity contribution in [3.63, 3.8) is 0 Å². The SMILES string of the molecule is OCCOCCNCc1ccc2c(c1)CCO2. The maximum absolute atomic E-state index is 8.53. The van der Waals surface area contributed by atoms with Crippen LogP contribution in [-0.2, 0) is 17.7 Å². The lowest BCUT2D eigenvalue weighted by molar-refractivity contribution is 0.0938. The largest absolute Gasteiger partial charge is 0.493 e. The highest BCUT2D eigenvalue weighted by atomic mass is 16.5. The molecule has 4 heteroatoms. The quantitative estimate of drug-likeness (QED) is 0.686. The molecule has 0 aliphatic carbocycles. The zero-order valence-corrected chi connectivity index (χ0v) is 9.95. The third kappa shape index (κ3) is 3.70. The number of rotatable bonds is 7. The van der Waals surface area contributed by atoms with E-state index < -0.39 is 0 Å². The smallest absolute Gasteiger partial charge is 0.122 e. The van der Waals surface area contributed by atoms with Gasteiger partial charge < -0.3 is 19.9 Å². The predicted molar refractivity (Wildman–Crippen MR) is 65.3 cm³/mol. The van der Waals surface area contributed by atoms with Crippen molar-refractivity contribution in [2.45, 2.75) is 13.0 Å². The number of aliphatic hydroxyl groups excluding tert-OH is 1. The molecule has 1 aromatic carbocycles. The Morgan fingerprint density at radius 3 is 3.18 bits per heavy atom. The lowest BCUT2D eigenvalue weighted by atomic mass is 10.1. The second kappa shape index (κ2) is 6.59. The second-order valence-electron chi connectivity index (χ2n) is 4.05. The molecule has 0 bridgehead atoms. The first-order valence-corrected chi connectivity index (χ1v) is 6.04. The molecule has 0 radical (unpaired) electrons. The van der Waals surface area contributed by atoms with Crippen LogP contribution in [0.1, 0.15) is 11.1 Å². The summed E-state index contributed by atoms with van der Waals surface area (Å²) < 4.78 is 10.6. The molecule has 0 saturated carbocycles. The maximum Gasteiger partial charge on any atom is 0.122 e. The van der Waals surface area contributed by atoms with Crippen molar-refractivity contribution < 1.29 is 14.6 Å². The topological polar surface area (TPSA) is 50.7 Å². The summed E-state index contributed by atoms with van der Waals surface area (Å²) in [6.45, 7) is 3.59. The van der Waals surface area contributed by atoms with Gasteiger partial charge in [0.2, 0.25) is 0 Å². The number of fused-ring (bicyclic) bond motifs is 1. The molecule has 0 spiro atoms. The van der Waals surface area contributed by atoms with E-state index >= 15 is 0 Å². The van der Waals surface area contributed by atoms with Crippen LogP contribution in [0.3, 0.4) is 0 Å². The van der Waals surface area contributed by atoms with E-state index in [0.29, 0.717) is 13.2 Å². The highest BCUT2D eigenvalue weighted by molar-refractivity contribution is 5.39. The van der Waals surface area contributed by atoms with Gasteiger partial charge in [0.05, 0.1) is 26.4 Å². The van der Waals surface area contributed by atoms with E-state index in [1.807, 2.05) is 6.07 Å². The fourth-order valence-corrected chi connectivity index (χ4v) is 1.89. The van der Waals surface area contributed by atoms with Gasteiger partial charge in [0.1, 0.15) is 5.75 Å². The van der Waals surface area contributed by atoms with Crippen LogP contribution in [0.2, 0.25) is 0 Å². The summed E-state index contributed by atoms with van der Waals surface area (Å²) >= 11 is 0. The van der Waals surface area contributed by atoms with Gasteiger partial charge in [0.25, 0.3) is 0 Å². The molecule has 1 aromatic rings. The fraction of sp³-hybridized carbons (Fsp3) is 0.538. The lowest BCUT2D eigenvalue weighted by Crippen LogP contribution is -2.20. The van der Waals surface area contributed by atoms with Crippen LogP contribution in [0, 0.1) is 0 Å². The first-order valence-electron chi connectivity index (χ1n) is 6.04. The van der Waals surface area contributed by atoms with Gasteiger partial charge in [-0.2, -0.15) is 0 Å². The fourth-order valence-electron chi connectivity index (χ4n) is 1.89. The monoisotopic (exact) mass is 237 g/mol. The Bertz CT molecular complexity index is 355. The van der Waals surface area contributed by atoms with Crippen molar-refractivity contribution in [3.05, 3.63) is 29.3 Å². The van der Waals surface area contributed by atoms with Crippen LogP contribution < -0.4 is 10.1 Å². The van der Waals surface area contributed by atoms with Crippen LogP contribution in [0.25, 0.3) is 0 Å². The lowest BCUT2D eigenvalue weighted by Gasteiger charge is -2.06. The molecule has 1 heterocycles. The minimum atomic E-state index is 0.0881. The minimum absolute atomic E-state index is 0.0881. The summed E-state index contributed by atoms with van der Waals surface area (Å²) in [5, 5.41) is 11.8. The highest BCUT2D eigenvalue weighted by Crippen LogP contribution is 2.25. The number of hydrogen-bond donors (Lipinski definition) is 2. The summed E-state index contributed by atoms with van der Waals surface area (Å²) in [5.74, 6) is 1.03. The van der Waals surface area contributed by atoms with E-state index in [9.17, 15) is 0 Å². The van der Waals surface area contributed by atoms with E-state index in [0.717, 1.165) is 31.9 Å². The van der Waals surface area contributed by atoms with Gasteiger partial charge in [-0.15, -0.1) is 0 Å². The molecule has 2 rings (SSSR count). The van der Waals surface area contributed by atoms with Crippen LogP contribution in [-0.4, -0.2) is 38.1 Å². The number of nitrogens with one attached hydrogen (secondary N) is 1. The zero-order chi connectivity index (χ0) is 11.9. The maximum atomic E-state index is 8.53. The molecule has 0 atom stereocenters. The second-order valence-corrected chi connectivity index (χ2v) is 4.05. The molecule has 2 N–H and O–H groups in total. The number of benzene rings is 1.